The van der Waals surface area contributed by atoms with Crippen LogP contribution in [0.1, 0.15) is 16.1 Å². The lowest BCUT2D eigenvalue weighted by molar-refractivity contribution is 0.0954. The van der Waals surface area contributed by atoms with Crippen LogP contribution in [-0.2, 0) is 0 Å². The number of carbonyl (C=O) groups excluding carboxylic acids is 1. The Kier molecular flexibility index (Phi) is 6.04. The van der Waals surface area contributed by atoms with E-state index in [1.165, 1.54) is 6.21 Å². The van der Waals surface area contributed by atoms with Gasteiger partial charge in [-0.2, -0.15) is 5.10 Å². The lowest BCUT2D eigenvalue weighted by atomic mass is 10.2. The highest BCUT2D eigenvalue weighted by molar-refractivity contribution is 9.10. The minimum absolute atomic E-state index is 0.340. The quantitative estimate of drug-likeness (QED) is 0.270. The molecular weight excluding hydrogens is 462 g/mol. The summed E-state index contributed by atoms with van der Waals surface area (Å²) < 4.78 is 6.34. The number of hydrogen-bond donors (Lipinski definition) is 1. The zero-order valence-corrected chi connectivity index (χ0v) is 16.8. The molecule has 2 aromatic carbocycles. The maximum absolute atomic E-state index is 12.1. The number of amides is 1. The van der Waals surface area contributed by atoms with Crippen molar-refractivity contribution in [2.24, 2.45) is 5.10 Å². The van der Waals surface area contributed by atoms with Crippen LogP contribution >= 0.6 is 50.7 Å². The predicted molar refractivity (Wildman–Crippen MR) is 108 cm³/mol. The highest BCUT2D eigenvalue weighted by atomic mass is 79.9. The molecule has 1 N–H and O–H groups in total. The van der Waals surface area contributed by atoms with E-state index in [1.807, 2.05) is 6.07 Å². The number of benzene rings is 2. The Morgan fingerprint density at radius 3 is 2.54 bits per heavy atom. The van der Waals surface area contributed by atoms with Gasteiger partial charge in [0.15, 0.2) is 0 Å². The molecule has 0 aliphatic heterocycles. The summed E-state index contributed by atoms with van der Waals surface area (Å²) in [5.74, 6) is 0.606. The van der Waals surface area contributed by atoms with Crippen LogP contribution in [0, 0.1) is 0 Å². The highest BCUT2D eigenvalue weighted by Crippen LogP contribution is 2.35. The molecule has 0 fully saturated rings. The molecule has 0 bridgehead atoms. The highest BCUT2D eigenvalue weighted by Gasteiger charge is 2.12. The molecular formula is C18H10BrCl3N2O2. The van der Waals surface area contributed by atoms with Crippen LogP contribution in [0.15, 0.2) is 62.5 Å². The fourth-order valence-corrected chi connectivity index (χ4v) is 3.24. The topological polar surface area (TPSA) is 54.6 Å². The molecule has 132 valence electrons. The van der Waals surface area contributed by atoms with Gasteiger partial charge in [0.2, 0.25) is 0 Å². The number of nitrogens with zero attached hydrogens (tertiary/aromatic N) is 1. The number of halogens is 4. The lowest BCUT2D eigenvalue weighted by Crippen LogP contribution is -2.17. The number of furan rings is 1. The predicted octanol–water partition coefficient (Wildman–Crippen LogP) is 6.43. The van der Waals surface area contributed by atoms with Crippen molar-refractivity contribution in [1.29, 1.82) is 0 Å². The van der Waals surface area contributed by atoms with Gasteiger partial charge in [-0.05, 0) is 52.3 Å². The normalized spacial score (nSPS) is 11.1. The minimum Gasteiger partial charge on any atom is -0.455 e. The van der Waals surface area contributed by atoms with Gasteiger partial charge in [-0.25, -0.2) is 5.43 Å². The average Bonchev–Trinajstić information content (AvgIpc) is 3.07. The molecule has 0 aliphatic carbocycles. The third-order valence-electron chi connectivity index (χ3n) is 3.38. The molecule has 3 rings (SSSR count). The lowest BCUT2D eigenvalue weighted by Gasteiger charge is -2.03. The summed E-state index contributed by atoms with van der Waals surface area (Å²) in [7, 11) is 0. The van der Waals surface area contributed by atoms with Gasteiger partial charge in [0.1, 0.15) is 11.5 Å². The number of rotatable bonds is 4. The molecule has 1 amide bonds. The van der Waals surface area contributed by atoms with Crippen LogP contribution < -0.4 is 5.43 Å². The molecule has 8 heteroatoms. The van der Waals surface area contributed by atoms with E-state index in [1.54, 1.807) is 42.5 Å². The van der Waals surface area contributed by atoms with Crippen LogP contribution in [0.25, 0.3) is 11.3 Å². The van der Waals surface area contributed by atoms with Crippen molar-refractivity contribution in [1.82, 2.24) is 5.43 Å². The molecule has 3 aromatic rings. The Morgan fingerprint density at radius 1 is 1.04 bits per heavy atom. The smallest absolute Gasteiger partial charge is 0.272 e. The van der Waals surface area contributed by atoms with Crippen LogP contribution in [0.5, 0.6) is 0 Å². The van der Waals surface area contributed by atoms with Gasteiger partial charge in [0, 0.05) is 10.0 Å². The molecule has 0 atom stereocenters. The fraction of sp³-hybridized carbons (Fsp3) is 0. The van der Waals surface area contributed by atoms with Crippen molar-refractivity contribution in [3.63, 3.8) is 0 Å². The van der Waals surface area contributed by atoms with Gasteiger partial charge in [0.05, 0.1) is 26.8 Å². The molecule has 1 heterocycles. The second-order valence-electron chi connectivity index (χ2n) is 5.13. The molecule has 0 spiro atoms. The van der Waals surface area contributed by atoms with E-state index in [0.29, 0.717) is 42.2 Å². The largest absolute Gasteiger partial charge is 0.455 e. The second kappa shape index (κ2) is 8.27. The van der Waals surface area contributed by atoms with Crippen molar-refractivity contribution in [2.45, 2.75) is 0 Å². The second-order valence-corrected chi connectivity index (χ2v) is 7.20. The summed E-state index contributed by atoms with van der Waals surface area (Å²) in [6.07, 6.45) is 1.39. The fourth-order valence-electron chi connectivity index (χ4n) is 2.14. The zero-order chi connectivity index (χ0) is 18.7. The maximum Gasteiger partial charge on any atom is 0.272 e. The molecule has 0 saturated carbocycles. The van der Waals surface area contributed by atoms with E-state index in [-0.39, 0.29) is 5.91 Å². The van der Waals surface area contributed by atoms with E-state index in [4.69, 9.17) is 39.2 Å². The Bertz CT molecular complexity index is 1000. The number of carbonyl (C=O) groups is 1. The van der Waals surface area contributed by atoms with Crippen LogP contribution in [-0.4, -0.2) is 12.1 Å². The van der Waals surface area contributed by atoms with Crippen LogP contribution in [0.4, 0.5) is 0 Å². The van der Waals surface area contributed by atoms with Crippen molar-refractivity contribution < 1.29 is 9.21 Å². The molecule has 4 nitrogen and oxygen atoms in total. The summed E-state index contributed by atoms with van der Waals surface area (Å²) in [5.41, 5.74) is 3.53. The third-order valence-corrected chi connectivity index (χ3v) is 5.10. The molecule has 26 heavy (non-hydrogen) atoms. The van der Waals surface area contributed by atoms with E-state index < -0.39 is 0 Å². The molecule has 0 unspecified atom stereocenters. The van der Waals surface area contributed by atoms with Gasteiger partial charge in [-0.15, -0.1) is 0 Å². The van der Waals surface area contributed by atoms with Crippen molar-refractivity contribution in [3.8, 4) is 11.3 Å². The van der Waals surface area contributed by atoms with Gasteiger partial charge >= 0.3 is 0 Å². The maximum atomic E-state index is 12.1. The van der Waals surface area contributed by atoms with Crippen molar-refractivity contribution >= 4 is 62.9 Å². The monoisotopic (exact) mass is 470 g/mol. The summed E-state index contributed by atoms with van der Waals surface area (Å²) in [6, 6.07) is 13.6. The summed E-state index contributed by atoms with van der Waals surface area (Å²) in [5, 5.41) is 5.05. The summed E-state index contributed by atoms with van der Waals surface area (Å²) in [6.45, 7) is 0. The van der Waals surface area contributed by atoms with Crippen LogP contribution in [0.2, 0.25) is 15.1 Å². The van der Waals surface area contributed by atoms with E-state index >= 15 is 0 Å². The first-order valence-electron chi connectivity index (χ1n) is 7.28. The number of nitrogens with one attached hydrogen (secondary N) is 1. The number of hydrogen-bond acceptors (Lipinski definition) is 3. The Labute approximate surface area is 172 Å². The number of hydrazone groups is 1. The SMILES string of the molecule is O=C(NN=Cc1ccc(-c2cc(Cl)c(Cl)cc2Cl)o1)c1ccccc1Br. The average molecular weight is 473 g/mol. The Hall–Kier alpha value is -1.79. The van der Waals surface area contributed by atoms with Gasteiger partial charge in [-0.3, -0.25) is 4.79 Å². The van der Waals surface area contributed by atoms with Crippen molar-refractivity contribution in [2.75, 3.05) is 0 Å². The zero-order valence-electron chi connectivity index (χ0n) is 13.0. The first-order chi connectivity index (χ1) is 12.5. The molecule has 0 radical (unpaired) electrons. The van der Waals surface area contributed by atoms with E-state index in [9.17, 15) is 4.79 Å². The first-order valence-corrected chi connectivity index (χ1v) is 9.21. The molecule has 1 aromatic heterocycles. The van der Waals surface area contributed by atoms with Gasteiger partial charge in [-0.1, -0.05) is 46.9 Å². The standard InChI is InChI=1S/C18H10BrCl3N2O2/c19-13-4-2-1-3-11(13)18(25)24-23-9-10-5-6-17(26-10)12-7-15(21)16(22)8-14(12)20/h1-9H,(H,24,25). The van der Waals surface area contributed by atoms with E-state index in [2.05, 4.69) is 26.5 Å². The van der Waals surface area contributed by atoms with Crippen LogP contribution in [0.3, 0.4) is 0 Å². The first kappa shape index (κ1) is 19.0. The minimum atomic E-state index is -0.340. The third kappa shape index (κ3) is 4.30. The molecule has 0 aliphatic rings. The Morgan fingerprint density at radius 2 is 1.77 bits per heavy atom. The molecule has 0 saturated heterocycles. The van der Waals surface area contributed by atoms with Gasteiger partial charge < -0.3 is 4.42 Å². The summed E-state index contributed by atoms with van der Waals surface area (Å²) in [4.78, 5) is 12.1. The Balaban J connectivity index is 1.73. The van der Waals surface area contributed by atoms with Gasteiger partial charge in [0.25, 0.3) is 5.91 Å². The van der Waals surface area contributed by atoms with Crippen molar-refractivity contribution in [3.05, 3.63) is 79.4 Å². The summed E-state index contributed by atoms with van der Waals surface area (Å²) >= 11 is 21.4. The van der Waals surface area contributed by atoms with E-state index in [0.717, 1.165) is 0 Å².